The second kappa shape index (κ2) is 10.0. The normalized spacial score (nSPS) is 13.2. The van der Waals surface area contributed by atoms with E-state index in [1.807, 2.05) is 27.7 Å². The van der Waals surface area contributed by atoms with Crippen molar-refractivity contribution in [3.8, 4) is 11.8 Å². The van der Waals surface area contributed by atoms with Crippen LogP contribution in [0.2, 0.25) is 0 Å². The molecule has 1 N–H and O–H groups in total. The Morgan fingerprint density at radius 2 is 2.04 bits per heavy atom. The molecule has 0 saturated carbocycles. The van der Waals surface area contributed by atoms with Crippen molar-refractivity contribution >= 4 is 11.6 Å². The lowest BCUT2D eigenvalue weighted by molar-refractivity contribution is -0.139. The first-order chi connectivity index (χ1) is 11.9. The van der Waals surface area contributed by atoms with E-state index in [-0.39, 0.29) is 12.0 Å². The Kier molecular flexibility index (Phi) is 8.44. The van der Waals surface area contributed by atoms with Crippen LogP contribution in [0.3, 0.4) is 0 Å². The summed E-state index contributed by atoms with van der Waals surface area (Å²) in [5.74, 6) is 0.388. The van der Waals surface area contributed by atoms with Crippen LogP contribution in [0.5, 0.6) is 5.75 Å². The van der Waals surface area contributed by atoms with E-state index in [4.69, 9.17) is 9.47 Å². The molecule has 0 saturated heterocycles. The first-order valence-electron chi connectivity index (χ1n) is 9.02. The number of nitrogens with zero attached hydrogens (tertiary/aromatic N) is 1. The average Bonchev–Trinajstić information content (AvgIpc) is 2.56. The van der Waals surface area contributed by atoms with Crippen LogP contribution in [0.1, 0.15) is 65.9 Å². The largest absolute Gasteiger partial charge is 0.491 e. The number of carbonyl (C=O) groups is 1. The molecule has 1 atom stereocenters. The molecule has 5 nitrogen and oxygen atoms in total. The number of hydrogen-bond donors (Lipinski definition) is 1. The van der Waals surface area contributed by atoms with Crippen molar-refractivity contribution in [1.82, 2.24) is 0 Å². The molecule has 0 aliphatic heterocycles. The van der Waals surface area contributed by atoms with Gasteiger partial charge in [0.25, 0.3) is 5.91 Å². The second-order valence-electron chi connectivity index (χ2n) is 6.56. The molecule has 0 aliphatic carbocycles. The molecule has 1 rings (SSSR count). The van der Waals surface area contributed by atoms with Gasteiger partial charge in [0.2, 0.25) is 0 Å². The molecule has 138 valence electrons. The highest BCUT2D eigenvalue weighted by atomic mass is 16.5. The van der Waals surface area contributed by atoms with Gasteiger partial charge in [0, 0.05) is 12.7 Å². The molecule has 5 heteroatoms. The van der Waals surface area contributed by atoms with Gasteiger partial charge in [-0.15, -0.1) is 0 Å². The molecule has 0 heterocycles. The van der Waals surface area contributed by atoms with Crippen LogP contribution in [0.4, 0.5) is 5.69 Å². The van der Waals surface area contributed by atoms with Gasteiger partial charge >= 0.3 is 0 Å². The zero-order chi connectivity index (χ0) is 18.9. The number of carbonyl (C=O) groups excluding carboxylic acids is 1. The molecular weight excluding hydrogens is 316 g/mol. The van der Waals surface area contributed by atoms with Gasteiger partial charge in [0.1, 0.15) is 17.4 Å². The molecule has 0 aromatic heterocycles. The van der Waals surface area contributed by atoms with E-state index in [9.17, 15) is 10.1 Å². The van der Waals surface area contributed by atoms with E-state index in [1.54, 1.807) is 18.2 Å². The minimum absolute atomic E-state index is 0.0202. The van der Waals surface area contributed by atoms with Crippen molar-refractivity contribution in [2.24, 2.45) is 0 Å². The van der Waals surface area contributed by atoms with Crippen LogP contribution >= 0.6 is 0 Å². The minimum Gasteiger partial charge on any atom is -0.491 e. The van der Waals surface area contributed by atoms with Gasteiger partial charge in [-0.3, -0.25) is 4.79 Å². The van der Waals surface area contributed by atoms with Crippen LogP contribution in [-0.2, 0) is 9.53 Å². The summed E-state index contributed by atoms with van der Waals surface area (Å²) in [4.78, 5) is 12.8. The molecular formula is C20H30N2O3. The summed E-state index contributed by atoms with van der Waals surface area (Å²) in [6.45, 7) is 10.1. The first kappa shape index (κ1) is 21.0. The quantitative estimate of drug-likeness (QED) is 0.625. The zero-order valence-electron chi connectivity index (χ0n) is 16.0. The Bertz CT molecular complexity index is 607. The maximum Gasteiger partial charge on any atom is 0.256 e. The number of hydrogen-bond acceptors (Lipinski definition) is 4. The smallest absolute Gasteiger partial charge is 0.256 e. The maximum atomic E-state index is 12.8. The van der Waals surface area contributed by atoms with E-state index in [2.05, 4.69) is 18.3 Å². The van der Waals surface area contributed by atoms with Gasteiger partial charge in [-0.25, -0.2) is 0 Å². The van der Waals surface area contributed by atoms with Gasteiger partial charge < -0.3 is 14.8 Å². The van der Waals surface area contributed by atoms with Gasteiger partial charge in [0.05, 0.1) is 17.4 Å². The number of nitrogens with one attached hydrogen (secondary N) is 1. The summed E-state index contributed by atoms with van der Waals surface area (Å²) in [6, 6.07) is 7.21. The fourth-order valence-corrected chi connectivity index (χ4v) is 2.61. The average molecular weight is 346 g/mol. The van der Waals surface area contributed by atoms with Crippen LogP contribution < -0.4 is 10.1 Å². The summed E-state index contributed by atoms with van der Waals surface area (Å²) in [5, 5.41) is 12.2. The third-order valence-corrected chi connectivity index (χ3v) is 3.93. The van der Waals surface area contributed by atoms with Crippen molar-refractivity contribution in [3.63, 3.8) is 0 Å². The number of amides is 1. The Morgan fingerprint density at radius 1 is 1.32 bits per heavy atom. The highest BCUT2D eigenvalue weighted by Gasteiger charge is 2.33. The topological polar surface area (TPSA) is 71.3 Å². The minimum atomic E-state index is -0.899. The Morgan fingerprint density at radius 3 is 2.60 bits per heavy atom. The monoisotopic (exact) mass is 346 g/mol. The number of ether oxygens (including phenoxy) is 2. The molecule has 1 amide bonds. The van der Waals surface area contributed by atoms with Crippen LogP contribution in [0, 0.1) is 11.3 Å². The van der Waals surface area contributed by atoms with Gasteiger partial charge in [0.15, 0.2) is 0 Å². The van der Waals surface area contributed by atoms with E-state index >= 15 is 0 Å². The maximum absolute atomic E-state index is 12.8. The van der Waals surface area contributed by atoms with Gasteiger partial charge in [-0.1, -0.05) is 26.2 Å². The lowest BCUT2D eigenvalue weighted by atomic mass is 9.96. The van der Waals surface area contributed by atoms with Gasteiger partial charge in [-0.2, -0.15) is 5.26 Å². The van der Waals surface area contributed by atoms with E-state index in [1.165, 1.54) is 0 Å². The fraction of sp³-hybridized carbons (Fsp3) is 0.600. The van der Waals surface area contributed by atoms with Crippen molar-refractivity contribution in [3.05, 3.63) is 23.8 Å². The molecule has 0 aliphatic rings. The predicted molar refractivity (Wildman–Crippen MR) is 99.7 cm³/mol. The zero-order valence-corrected chi connectivity index (χ0v) is 16.0. The van der Waals surface area contributed by atoms with E-state index in [0.717, 1.165) is 19.3 Å². The van der Waals surface area contributed by atoms with E-state index < -0.39 is 5.60 Å². The summed E-state index contributed by atoms with van der Waals surface area (Å²) in [6.07, 6.45) is 3.73. The highest BCUT2D eigenvalue weighted by molar-refractivity contribution is 5.98. The van der Waals surface area contributed by atoms with Crippen molar-refractivity contribution in [2.45, 2.75) is 72.0 Å². The number of anilines is 1. The number of nitriles is 1. The van der Waals surface area contributed by atoms with E-state index in [0.29, 0.717) is 30.0 Å². The molecule has 0 fully saturated rings. The van der Waals surface area contributed by atoms with Crippen LogP contribution in [-0.4, -0.2) is 24.2 Å². The molecule has 0 unspecified atom stereocenters. The Hall–Kier alpha value is -2.06. The van der Waals surface area contributed by atoms with Crippen LogP contribution in [0.25, 0.3) is 0 Å². The standard InChI is InChI=1S/C20H30N2O3/c1-6-8-9-12-20(5,24-7-2)19(23)22-18-11-10-17(25-15(3)4)13-16(18)14-21/h10-11,13,15H,6-9,12H2,1-5H3,(H,22,23)/t20-/m0/s1. The number of unbranched alkanes of at least 4 members (excludes halogenated alkanes) is 2. The first-order valence-corrected chi connectivity index (χ1v) is 9.02. The van der Waals surface area contributed by atoms with Crippen molar-refractivity contribution in [2.75, 3.05) is 11.9 Å². The molecule has 0 spiro atoms. The SMILES string of the molecule is CCCCC[C@](C)(OCC)C(=O)Nc1ccc(OC(C)C)cc1C#N. The third-order valence-electron chi connectivity index (χ3n) is 3.93. The number of benzene rings is 1. The van der Waals surface area contributed by atoms with Gasteiger partial charge in [-0.05, 0) is 46.2 Å². The summed E-state index contributed by atoms with van der Waals surface area (Å²) < 4.78 is 11.3. The molecule has 0 radical (unpaired) electrons. The summed E-state index contributed by atoms with van der Waals surface area (Å²) in [7, 11) is 0. The summed E-state index contributed by atoms with van der Waals surface area (Å²) >= 11 is 0. The van der Waals surface area contributed by atoms with Crippen molar-refractivity contribution in [1.29, 1.82) is 5.26 Å². The third kappa shape index (κ3) is 6.39. The molecule has 1 aromatic rings. The fourth-order valence-electron chi connectivity index (χ4n) is 2.61. The molecule has 25 heavy (non-hydrogen) atoms. The van der Waals surface area contributed by atoms with Crippen molar-refractivity contribution < 1.29 is 14.3 Å². The second-order valence-corrected chi connectivity index (χ2v) is 6.56. The highest BCUT2D eigenvalue weighted by Crippen LogP contribution is 2.26. The van der Waals surface area contributed by atoms with Crippen LogP contribution in [0.15, 0.2) is 18.2 Å². The molecule has 0 bridgehead atoms. The predicted octanol–water partition coefficient (Wildman–Crippen LogP) is 4.66. The summed E-state index contributed by atoms with van der Waals surface area (Å²) in [5.41, 5.74) is -0.0482. The Balaban J connectivity index is 2.94. The lowest BCUT2D eigenvalue weighted by Crippen LogP contribution is -2.43. The number of rotatable bonds is 10. The molecule has 1 aromatic carbocycles. The lowest BCUT2D eigenvalue weighted by Gasteiger charge is -2.28. The Labute approximate surface area is 151 Å².